The number of anilines is 1. The summed E-state index contributed by atoms with van der Waals surface area (Å²) in [6.07, 6.45) is 0.550. The first-order chi connectivity index (χ1) is 16.8. The van der Waals surface area contributed by atoms with E-state index in [-0.39, 0.29) is 47.8 Å². The Hall–Kier alpha value is -2.59. The number of imidazole rings is 1. The van der Waals surface area contributed by atoms with Gasteiger partial charge in [-0.3, -0.25) is 14.7 Å². The van der Waals surface area contributed by atoms with E-state index in [1.807, 2.05) is 0 Å². The minimum Gasteiger partial charge on any atom is -0.472 e. The number of nitriles is 1. The molecule has 12 heteroatoms. The molecule has 3 heterocycles. The van der Waals surface area contributed by atoms with E-state index in [9.17, 15) is 9.90 Å². The highest BCUT2D eigenvalue weighted by Crippen LogP contribution is 2.41. The zero-order chi connectivity index (χ0) is 26.8. The number of carbonyl (C=O) groups excluding carboxylic acids is 1. The molecule has 0 bridgehead atoms. The number of nitrogens with one attached hydrogen (secondary N) is 1. The van der Waals surface area contributed by atoms with Crippen molar-refractivity contribution in [2.75, 3.05) is 11.9 Å². The quantitative estimate of drug-likeness (QED) is 0.474. The Kier molecular flexibility index (Phi) is 8.39. The Bertz CT molecular complexity index is 1120. The number of hydrogen-bond donors (Lipinski definition) is 2. The summed E-state index contributed by atoms with van der Waals surface area (Å²) >= 11 is 0. The van der Waals surface area contributed by atoms with Crippen LogP contribution in [0.2, 0.25) is 18.1 Å². The summed E-state index contributed by atoms with van der Waals surface area (Å²) in [5.74, 6) is -0.260. The molecule has 0 spiro atoms. The lowest BCUT2D eigenvalue weighted by molar-refractivity contribution is -0.118. The van der Waals surface area contributed by atoms with Gasteiger partial charge in [-0.1, -0.05) is 34.6 Å². The molecular formula is C24H38N6O5Si. The van der Waals surface area contributed by atoms with Crippen molar-refractivity contribution in [3.8, 4) is 11.9 Å². The van der Waals surface area contributed by atoms with Crippen LogP contribution in [-0.2, 0) is 14.0 Å². The van der Waals surface area contributed by atoms with Gasteiger partial charge in [0.15, 0.2) is 19.5 Å². The number of nitrogens with zero attached hydrogens (tertiary/aromatic N) is 5. The fourth-order valence-corrected chi connectivity index (χ4v) is 4.93. The molecule has 11 nitrogen and oxygen atoms in total. The van der Waals surface area contributed by atoms with E-state index in [4.69, 9.17) is 19.2 Å². The van der Waals surface area contributed by atoms with Crippen LogP contribution < -0.4 is 10.1 Å². The van der Waals surface area contributed by atoms with E-state index < -0.39 is 26.8 Å². The standard InChI is InChI=1S/C24H38N6O5Si/c1-14(2)21(32)28-23-27-20-19(22(29-23)33-15(3)9-10-25)26-13-30(20)18-11-16(17(12-31)34-18)35-36(7,8)24(4,5)6/h13-18,31H,9,11-12H2,1-8H3,(H,27,28,29,32)/t15?,16-,17+,18+/m0/s1. The van der Waals surface area contributed by atoms with Crippen LogP contribution in [0.4, 0.5) is 5.95 Å². The van der Waals surface area contributed by atoms with Crippen LogP contribution in [0.25, 0.3) is 11.2 Å². The lowest BCUT2D eigenvalue weighted by atomic mass is 10.2. The van der Waals surface area contributed by atoms with Gasteiger partial charge < -0.3 is 19.0 Å². The van der Waals surface area contributed by atoms with E-state index in [0.717, 1.165) is 0 Å². The van der Waals surface area contributed by atoms with Crippen molar-refractivity contribution in [1.82, 2.24) is 19.5 Å². The molecule has 1 aliphatic rings. The lowest BCUT2D eigenvalue weighted by Crippen LogP contribution is -2.46. The fraction of sp³-hybridized carbons (Fsp3) is 0.708. The molecular weight excluding hydrogens is 480 g/mol. The van der Waals surface area contributed by atoms with Crippen LogP contribution in [0.3, 0.4) is 0 Å². The summed E-state index contributed by atoms with van der Waals surface area (Å²) in [7, 11) is -2.11. The first kappa shape index (κ1) is 28.0. The van der Waals surface area contributed by atoms with Crippen molar-refractivity contribution >= 4 is 31.3 Å². The van der Waals surface area contributed by atoms with Gasteiger partial charge in [0.2, 0.25) is 17.7 Å². The lowest BCUT2D eigenvalue weighted by Gasteiger charge is -2.39. The predicted octanol–water partition coefficient (Wildman–Crippen LogP) is 3.77. The molecule has 2 N–H and O–H groups in total. The Balaban J connectivity index is 1.98. The van der Waals surface area contributed by atoms with Gasteiger partial charge in [0.25, 0.3) is 0 Å². The molecule has 4 atom stereocenters. The molecule has 36 heavy (non-hydrogen) atoms. The van der Waals surface area contributed by atoms with E-state index in [0.29, 0.717) is 17.6 Å². The topological polar surface area (TPSA) is 144 Å². The third-order valence-electron chi connectivity index (χ3n) is 6.76. The number of rotatable bonds is 9. The van der Waals surface area contributed by atoms with E-state index in [1.54, 1.807) is 31.7 Å². The van der Waals surface area contributed by atoms with Crippen molar-refractivity contribution in [2.45, 2.75) is 97.1 Å². The van der Waals surface area contributed by atoms with Crippen molar-refractivity contribution in [3.63, 3.8) is 0 Å². The molecule has 3 rings (SSSR count). The van der Waals surface area contributed by atoms with Gasteiger partial charge >= 0.3 is 0 Å². The number of aliphatic hydroxyl groups excluding tert-OH is 1. The second-order valence-corrected chi connectivity index (χ2v) is 15.8. The highest BCUT2D eigenvalue weighted by atomic mass is 28.4. The van der Waals surface area contributed by atoms with Gasteiger partial charge in [0.05, 0.1) is 31.5 Å². The zero-order valence-electron chi connectivity index (χ0n) is 22.4. The van der Waals surface area contributed by atoms with Gasteiger partial charge in [-0.2, -0.15) is 15.2 Å². The van der Waals surface area contributed by atoms with Crippen LogP contribution in [0.15, 0.2) is 6.33 Å². The highest BCUT2D eigenvalue weighted by molar-refractivity contribution is 6.74. The second kappa shape index (κ2) is 10.8. The number of hydrogen-bond acceptors (Lipinski definition) is 9. The number of amides is 1. The molecule has 0 aromatic carbocycles. The minimum absolute atomic E-state index is 0.00982. The fourth-order valence-electron chi connectivity index (χ4n) is 3.57. The number of aromatic nitrogens is 4. The maximum absolute atomic E-state index is 12.3. The van der Waals surface area contributed by atoms with Gasteiger partial charge in [-0.25, -0.2) is 4.98 Å². The third-order valence-corrected chi connectivity index (χ3v) is 11.3. The summed E-state index contributed by atoms with van der Waals surface area (Å²) in [5, 5.41) is 21.8. The Morgan fingerprint density at radius 2 is 2.06 bits per heavy atom. The summed E-state index contributed by atoms with van der Waals surface area (Å²) < 4.78 is 20.4. The summed E-state index contributed by atoms with van der Waals surface area (Å²) in [6, 6.07) is 2.07. The summed E-state index contributed by atoms with van der Waals surface area (Å²) in [5.41, 5.74) is 0.804. The Morgan fingerprint density at radius 1 is 1.36 bits per heavy atom. The van der Waals surface area contributed by atoms with Crippen molar-refractivity contribution < 1.29 is 23.8 Å². The van der Waals surface area contributed by atoms with Gasteiger partial charge in [0, 0.05) is 12.3 Å². The molecule has 1 fully saturated rings. The van der Waals surface area contributed by atoms with Crippen molar-refractivity contribution in [3.05, 3.63) is 6.33 Å². The van der Waals surface area contributed by atoms with Gasteiger partial charge in [0.1, 0.15) is 18.4 Å². The normalized spacial score (nSPS) is 21.5. The highest BCUT2D eigenvalue weighted by Gasteiger charge is 2.45. The van der Waals surface area contributed by atoms with Crippen LogP contribution in [-0.4, -0.2) is 63.8 Å². The van der Waals surface area contributed by atoms with Crippen molar-refractivity contribution in [2.24, 2.45) is 5.92 Å². The maximum Gasteiger partial charge on any atom is 0.247 e. The molecule has 198 valence electrons. The van der Waals surface area contributed by atoms with Gasteiger partial charge in [-0.15, -0.1) is 0 Å². The van der Waals surface area contributed by atoms with Crippen LogP contribution in [0.1, 0.15) is 60.6 Å². The molecule has 1 amide bonds. The molecule has 1 aliphatic heterocycles. The number of fused-ring (bicyclic) bond motifs is 1. The monoisotopic (exact) mass is 518 g/mol. The van der Waals surface area contributed by atoms with Crippen LogP contribution in [0, 0.1) is 17.2 Å². The first-order valence-corrected chi connectivity index (χ1v) is 15.2. The zero-order valence-corrected chi connectivity index (χ0v) is 23.4. The summed E-state index contributed by atoms with van der Waals surface area (Å²) in [6.45, 7) is 16.0. The summed E-state index contributed by atoms with van der Waals surface area (Å²) in [4.78, 5) is 25.7. The average Bonchev–Trinajstić information content (AvgIpc) is 3.36. The first-order valence-electron chi connectivity index (χ1n) is 12.3. The minimum atomic E-state index is -2.11. The second-order valence-electron chi connectivity index (χ2n) is 11.1. The number of carbonyl (C=O) groups is 1. The van der Waals surface area contributed by atoms with Crippen molar-refractivity contribution in [1.29, 1.82) is 5.26 Å². The van der Waals surface area contributed by atoms with E-state index in [1.165, 1.54) is 0 Å². The largest absolute Gasteiger partial charge is 0.472 e. The molecule has 0 radical (unpaired) electrons. The molecule has 0 aliphatic carbocycles. The molecule has 1 unspecified atom stereocenters. The SMILES string of the molecule is CC(CC#N)Oc1nc(NC(=O)C(C)C)nc2c1ncn2[C@H]1C[C@H](O[Si](C)(C)C(C)(C)C)[C@@H](CO)O1. The molecule has 0 saturated carbocycles. The molecule has 2 aromatic rings. The van der Waals surface area contributed by atoms with E-state index >= 15 is 0 Å². The Morgan fingerprint density at radius 3 is 2.64 bits per heavy atom. The Labute approximate surface area is 213 Å². The van der Waals surface area contributed by atoms with Gasteiger partial charge in [-0.05, 0) is 25.1 Å². The maximum atomic E-state index is 12.3. The van der Waals surface area contributed by atoms with Crippen LogP contribution in [0.5, 0.6) is 5.88 Å². The third kappa shape index (κ3) is 6.03. The average molecular weight is 519 g/mol. The molecule has 1 saturated heterocycles. The van der Waals surface area contributed by atoms with Crippen LogP contribution >= 0.6 is 0 Å². The van der Waals surface area contributed by atoms with E-state index in [2.05, 4.69) is 60.2 Å². The number of aliphatic hydroxyl groups is 1. The number of ether oxygens (including phenoxy) is 2. The smallest absolute Gasteiger partial charge is 0.247 e. The predicted molar refractivity (Wildman–Crippen MR) is 137 cm³/mol. The molecule has 2 aromatic heterocycles.